The monoisotopic (exact) mass is 626 g/mol. The minimum absolute atomic E-state index is 0. The summed E-state index contributed by atoms with van der Waals surface area (Å²) in [7, 11) is 0. The van der Waals surface area contributed by atoms with E-state index in [1.54, 1.807) is 27.7 Å². The summed E-state index contributed by atoms with van der Waals surface area (Å²) in [6.07, 6.45) is -12.0. The van der Waals surface area contributed by atoms with Crippen LogP contribution in [-0.4, -0.2) is 57.4 Å². The number of hydrogen-bond acceptors (Lipinski definition) is 8. The Hall–Kier alpha value is -2.45. The van der Waals surface area contributed by atoms with Crippen LogP contribution in [0.2, 0.25) is 10.3 Å². The van der Waals surface area contributed by atoms with Crippen LogP contribution in [0.25, 0.3) is 0 Å². The molecule has 0 spiro atoms. The van der Waals surface area contributed by atoms with Crippen molar-refractivity contribution in [3.05, 3.63) is 32.6 Å². The van der Waals surface area contributed by atoms with Gasteiger partial charge in [-0.3, -0.25) is 9.59 Å². The molecule has 2 heterocycles. The molecule has 2 aromatic heterocycles. The summed E-state index contributed by atoms with van der Waals surface area (Å²) in [6.45, 7) is 6.52. The Kier molecular flexibility index (Phi) is 15.0. The molecule has 0 unspecified atom stereocenters. The van der Waals surface area contributed by atoms with Gasteiger partial charge >= 0.3 is 12.4 Å². The quantitative estimate of drug-likeness (QED) is 0.285. The lowest BCUT2D eigenvalue weighted by atomic mass is 10.2. The number of nitrogens with zero attached hydrogens (tertiary/aromatic N) is 4. The maximum absolute atomic E-state index is 11.9. The van der Waals surface area contributed by atoms with Crippen LogP contribution in [0.15, 0.2) is 0 Å². The van der Waals surface area contributed by atoms with Gasteiger partial charge in [-0.1, -0.05) is 23.2 Å². The third-order valence-corrected chi connectivity index (χ3v) is 5.93. The third kappa shape index (κ3) is 14.0. The Morgan fingerprint density at radius 2 is 0.949 bits per heavy atom. The van der Waals surface area contributed by atoms with Gasteiger partial charge in [-0.05, 0) is 49.9 Å². The fourth-order valence-electron chi connectivity index (χ4n) is 2.59. The minimum Gasteiger partial charge on any atom is -0.361 e. The summed E-state index contributed by atoms with van der Waals surface area (Å²) in [6, 6.07) is 0. The number of halogens is 9. The summed E-state index contributed by atoms with van der Waals surface area (Å²) in [5.74, 6) is -0.373. The minimum atomic E-state index is -4.32. The molecule has 0 aromatic carbocycles. The number of ketones is 2. The normalized spacial score (nSPS) is 11.2. The van der Waals surface area contributed by atoms with Gasteiger partial charge in [-0.2, -0.15) is 26.3 Å². The Labute approximate surface area is 237 Å². The van der Waals surface area contributed by atoms with E-state index < -0.39 is 49.6 Å². The molecular formula is C22H27Cl3F6N6O2. The van der Waals surface area contributed by atoms with Gasteiger partial charge in [0, 0.05) is 12.8 Å². The number of alkyl halides is 6. The molecule has 0 aliphatic rings. The van der Waals surface area contributed by atoms with Crippen molar-refractivity contribution in [1.82, 2.24) is 20.4 Å². The van der Waals surface area contributed by atoms with Gasteiger partial charge in [0.1, 0.15) is 0 Å². The molecule has 0 radical (unpaired) electrons. The number of nitrogens with one attached hydrogen (secondary N) is 2. The van der Waals surface area contributed by atoms with Crippen molar-refractivity contribution in [3.63, 3.8) is 0 Å². The molecule has 0 aliphatic heterocycles. The Bertz CT molecular complexity index is 1050. The smallest absolute Gasteiger partial charge is 0.361 e. The lowest BCUT2D eigenvalue weighted by molar-refractivity contribution is -0.142. The molecule has 0 bridgehead atoms. The number of rotatable bonds is 10. The van der Waals surface area contributed by atoms with Crippen LogP contribution in [0.4, 0.5) is 38.0 Å². The average Bonchev–Trinajstić information content (AvgIpc) is 2.82. The summed E-state index contributed by atoms with van der Waals surface area (Å²) < 4.78 is 71.6. The van der Waals surface area contributed by atoms with Crippen molar-refractivity contribution in [2.75, 3.05) is 23.7 Å². The van der Waals surface area contributed by atoms with E-state index in [2.05, 4.69) is 31.0 Å². The average molecular weight is 628 g/mol. The molecule has 0 fully saturated rings. The summed E-state index contributed by atoms with van der Waals surface area (Å²) >= 11 is 11.5. The highest BCUT2D eigenvalue weighted by molar-refractivity contribution is 6.30. The first-order valence-electron chi connectivity index (χ1n) is 11.0. The SMILES string of the molecule is Cc1c(Cl)nnc(NCC(=O)CCC(F)(F)F)c1C.Cc1c(Cl)nnc(NCC(=O)CCC(F)(F)F)c1C.Cl. The van der Waals surface area contributed by atoms with Gasteiger partial charge in [0.15, 0.2) is 33.5 Å². The molecule has 8 nitrogen and oxygen atoms in total. The molecule has 39 heavy (non-hydrogen) atoms. The molecule has 0 saturated carbocycles. The lowest BCUT2D eigenvalue weighted by Gasteiger charge is -2.10. The predicted octanol–water partition coefficient (Wildman–Crippen LogP) is 6.56. The van der Waals surface area contributed by atoms with Crippen molar-refractivity contribution in [3.8, 4) is 0 Å². The predicted molar refractivity (Wildman–Crippen MR) is 138 cm³/mol. The van der Waals surface area contributed by atoms with E-state index in [1.807, 2.05) is 0 Å². The molecule has 17 heteroatoms. The summed E-state index contributed by atoms with van der Waals surface area (Å²) in [5.41, 5.74) is 2.84. The molecular weight excluding hydrogens is 601 g/mol. The topological polar surface area (TPSA) is 110 Å². The second-order valence-corrected chi connectivity index (χ2v) is 8.91. The number of hydrogen-bond donors (Lipinski definition) is 2. The van der Waals surface area contributed by atoms with E-state index in [0.717, 1.165) is 0 Å². The van der Waals surface area contributed by atoms with Gasteiger partial charge in [0.2, 0.25) is 0 Å². The highest BCUT2D eigenvalue weighted by atomic mass is 35.5. The van der Waals surface area contributed by atoms with Crippen molar-refractivity contribution >= 4 is 58.8 Å². The highest BCUT2D eigenvalue weighted by Gasteiger charge is 2.28. The van der Waals surface area contributed by atoms with Crippen LogP contribution in [0, 0.1) is 27.7 Å². The first-order valence-corrected chi connectivity index (χ1v) is 11.8. The molecule has 220 valence electrons. The van der Waals surface area contributed by atoms with E-state index >= 15 is 0 Å². The highest BCUT2D eigenvalue weighted by Crippen LogP contribution is 2.24. The van der Waals surface area contributed by atoms with Crippen molar-refractivity contribution in [2.24, 2.45) is 0 Å². The number of anilines is 2. The van der Waals surface area contributed by atoms with Crippen LogP contribution in [0.1, 0.15) is 47.9 Å². The van der Waals surface area contributed by atoms with E-state index in [-0.39, 0.29) is 35.8 Å². The Morgan fingerprint density at radius 1 is 0.641 bits per heavy atom. The summed E-state index contributed by atoms with van der Waals surface area (Å²) in [5, 5.41) is 20.7. The first kappa shape index (κ1) is 36.5. The Balaban J connectivity index is 0.000000722. The number of carbonyl (C=O) groups is 2. The van der Waals surface area contributed by atoms with Crippen LogP contribution in [-0.2, 0) is 9.59 Å². The second-order valence-electron chi connectivity index (χ2n) is 8.19. The molecule has 2 rings (SSSR count). The van der Waals surface area contributed by atoms with Gasteiger partial charge in [-0.15, -0.1) is 32.8 Å². The zero-order valence-electron chi connectivity index (χ0n) is 21.3. The standard InChI is InChI=1S/2C11H13ClF3N3O.ClH/c2*1-6-7(2)10(18-17-9(6)12)16-5-8(19)3-4-11(13,14)15;/h2*3-5H2,1-2H3,(H,16,18);1H. The second kappa shape index (κ2) is 16.0. The number of aromatic nitrogens is 4. The van der Waals surface area contributed by atoms with Crippen LogP contribution in [0.3, 0.4) is 0 Å². The van der Waals surface area contributed by atoms with E-state index in [4.69, 9.17) is 23.2 Å². The van der Waals surface area contributed by atoms with E-state index in [9.17, 15) is 35.9 Å². The van der Waals surface area contributed by atoms with Gasteiger partial charge in [0.05, 0.1) is 25.9 Å². The molecule has 0 aliphatic carbocycles. The molecule has 0 amide bonds. The van der Waals surface area contributed by atoms with Crippen LogP contribution >= 0.6 is 35.6 Å². The van der Waals surface area contributed by atoms with Gasteiger partial charge < -0.3 is 10.6 Å². The van der Waals surface area contributed by atoms with Gasteiger partial charge in [-0.25, -0.2) is 0 Å². The third-order valence-electron chi connectivity index (χ3n) is 5.21. The van der Waals surface area contributed by atoms with E-state index in [1.165, 1.54) is 0 Å². The molecule has 2 N–H and O–H groups in total. The molecule has 0 saturated heterocycles. The zero-order valence-corrected chi connectivity index (χ0v) is 23.6. The lowest BCUT2D eigenvalue weighted by Crippen LogP contribution is -2.18. The molecule has 2 aromatic rings. The van der Waals surface area contributed by atoms with Crippen molar-refractivity contribution in [1.29, 1.82) is 0 Å². The largest absolute Gasteiger partial charge is 0.389 e. The van der Waals surface area contributed by atoms with E-state index in [0.29, 0.717) is 33.9 Å². The number of carbonyl (C=O) groups excluding carboxylic acids is 2. The fourth-order valence-corrected chi connectivity index (χ4v) is 2.95. The maximum Gasteiger partial charge on any atom is 0.389 e. The van der Waals surface area contributed by atoms with Crippen molar-refractivity contribution < 1.29 is 35.9 Å². The van der Waals surface area contributed by atoms with Crippen molar-refractivity contribution in [2.45, 2.75) is 65.7 Å². The summed E-state index contributed by atoms with van der Waals surface area (Å²) in [4.78, 5) is 22.6. The van der Waals surface area contributed by atoms with Crippen LogP contribution in [0.5, 0.6) is 0 Å². The molecule has 0 atom stereocenters. The Morgan fingerprint density at radius 3 is 1.23 bits per heavy atom. The van der Waals surface area contributed by atoms with Gasteiger partial charge in [0.25, 0.3) is 0 Å². The van der Waals surface area contributed by atoms with Crippen LogP contribution < -0.4 is 10.6 Å². The fraction of sp³-hybridized carbons (Fsp3) is 0.545. The zero-order chi connectivity index (χ0) is 29.3. The number of Topliss-reactive ketones (excluding diaryl/α,β-unsaturated/α-hetero) is 2. The maximum atomic E-state index is 11.9. The first-order chi connectivity index (χ1) is 17.4.